The normalized spacial score (nSPS) is 15.0. The Morgan fingerprint density at radius 3 is 2.35 bits per heavy atom. The van der Waals surface area contributed by atoms with Crippen LogP contribution in [0.4, 0.5) is 0 Å². The lowest BCUT2D eigenvalue weighted by atomic mass is 9.92. The van der Waals surface area contributed by atoms with Gasteiger partial charge in [0.2, 0.25) is 0 Å². The van der Waals surface area contributed by atoms with Crippen LogP contribution in [-0.2, 0) is 10.1 Å². The van der Waals surface area contributed by atoms with Gasteiger partial charge in [0.25, 0.3) is 10.1 Å². The molecule has 0 saturated carbocycles. The Labute approximate surface area is 123 Å². The van der Waals surface area contributed by atoms with Gasteiger partial charge in [0.05, 0.1) is 4.90 Å². The summed E-state index contributed by atoms with van der Waals surface area (Å²) in [5.74, 6) is 0.867. The molecule has 114 valence electrons. The molecule has 3 nitrogen and oxygen atoms in total. The number of hydrogen-bond donors (Lipinski definition) is 1. The van der Waals surface area contributed by atoms with Crippen LogP contribution in [0.3, 0.4) is 0 Å². The van der Waals surface area contributed by atoms with Crippen LogP contribution < -0.4 is 0 Å². The van der Waals surface area contributed by atoms with Gasteiger partial charge in [-0.3, -0.25) is 4.55 Å². The van der Waals surface area contributed by atoms with Crippen LogP contribution in [0.25, 0.3) is 0 Å². The molecule has 1 aromatic carbocycles. The minimum Gasteiger partial charge on any atom is -0.282 e. The van der Waals surface area contributed by atoms with Gasteiger partial charge in [-0.05, 0) is 29.9 Å². The van der Waals surface area contributed by atoms with Gasteiger partial charge in [0.1, 0.15) is 0 Å². The minimum absolute atomic E-state index is 0.0501. The Bertz CT molecular complexity index is 508. The molecule has 0 amide bonds. The van der Waals surface area contributed by atoms with Crippen LogP contribution in [0, 0.1) is 5.92 Å². The Morgan fingerprint density at radius 2 is 1.75 bits per heavy atom. The third-order valence-corrected chi connectivity index (χ3v) is 4.77. The van der Waals surface area contributed by atoms with Crippen molar-refractivity contribution in [2.45, 2.75) is 63.7 Å². The van der Waals surface area contributed by atoms with Crippen LogP contribution in [0.15, 0.2) is 29.2 Å². The van der Waals surface area contributed by atoms with Gasteiger partial charge in [0.15, 0.2) is 0 Å². The van der Waals surface area contributed by atoms with E-state index in [9.17, 15) is 13.0 Å². The first-order valence-electron chi connectivity index (χ1n) is 7.42. The first-order valence-corrected chi connectivity index (χ1v) is 8.86. The van der Waals surface area contributed by atoms with E-state index in [1.54, 1.807) is 12.1 Å². The van der Waals surface area contributed by atoms with E-state index in [1.807, 2.05) is 13.0 Å². The highest BCUT2D eigenvalue weighted by Crippen LogP contribution is 2.28. The van der Waals surface area contributed by atoms with E-state index in [0.29, 0.717) is 0 Å². The van der Waals surface area contributed by atoms with E-state index in [-0.39, 0.29) is 10.8 Å². The SMILES string of the molecule is CCCC(C)CCC[C@@H](C)c1ccccc1S(=O)(=O)O. The Balaban J connectivity index is 2.67. The summed E-state index contributed by atoms with van der Waals surface area (Å²) in [6.07, 6.45) is 5.66. The van der Waals surface area contributed by atoms with Crippen molar-refractivity contribution in [3.8, 4) is 0 Å². The van der Waals surface area contributed by atoms with Crippen LogP contribution in [-0.4, -0.2) is 13.0 Å². The zero-order valence-corrected chi connectivity index (χ0v) is 13.5. The van der Waals surface area contributed by atoms with Crippen LogP contribution in [0.5, 0.6) is 0 Å². The largest absolute Gasteiger partial charge is 0.294 e. The molecular formula is C16H26O3S. The average molecular weight is 298 g/mol. The fraction of sp³-hybridized carbons (Fsp3) is 0.625. The third-order valence-electron chi connectivity index (χ3n) is 3.84. The predicted octanol–water partition coefficient (Wildman–Crippen LogP) is 4.64. The van der Waals surface area contributed by atoms with E-state index in [2.05, 4.69) is 13.8 Å². The molecule has 0 aliphatic heterocycles. The molecule has 1 aromatic rings. The molecule has 0 radical (unpaired) electrons. The van der Waals surface area contributed by atoms with Crippen molar-refractivity contribution >= 4 is 10.1 Å². The second-order valence-corrected chi connectivity index (χ2v) is 7.13. The molecule has 1 unspecified atom stereocenters. The molecular weight excluding hydrogens is 272 g/mol. The quantitative estimate of drug-likeness (QED) is 0.711. The lowest BCUT2D eigenvalue weighted by Crippen LogP contribution is -2.06. The minimum atomic E-state index is -4.13. The van der Waals surface area contributed by atoms with Gasteiger partial charge in [0, 0.05) is 0 Å². The predicted molar refractivity (Wildman–Crippen MR) is 82.6 cm³/mol. The standard InChI is InChI=1S/C16H26O3S/c1-4-8-13(2)9-7-10-14(3)15-11-5-6-12-16(15)20(17,18)19/h5-6,11-14H,4,7-10H2,1-3H3,(H,17,18,19)/t13?,14-/m1/s1. The maximum Gasteiger partial charge on any atom is 0.294 e. The molecule has 0 bridgehead atoms. The highest BCUT2D eigenvalue weighted by Gasteiger charge is 2.18. The Kier molecular flexibility index (Phi) is 6.69. The number of benzene rings is 1. The summed E-state index contributed by atoms with van der Waals surface area (Å²) in [7, 11) is -4.13. The van der Waals surface area contributed by atoms with Crippen molar-refractivity contribution in [1.82, 2.24) is 0 Å². The summed E-state index contributed by atoms with van der Waals surface area (Å²) in [5, 5.41) is 0. The molecule has 0 spiro atoms. The van der Waals surface area contributed by atoms with Gasteiger partial charge in [-0.2, -0.15) is 8.42 Å². The maximum atomic E-state index is 11.4. The number of hydrogen-bond acceptors (Lipinski definition) is 2. The van der Waals surface area contributed by atoms with E-state index < -0.39 is 10.1 Å². The molecule has 4 heteroatoms. The first-order chi connectivity index (χ1) is 9.36. The van der Waals surface area contributed by atoms with Gasteiger partial charge in [-0.15, -0.1) is 0 Å². The van der Waals surface area contributed by atoms with Crippen molar-refractivity contribution in [3.63, 3.8) is 0 Å². The molecule has 0 heterocycles. The average Bonchev–Trinajstić information content (AvgIpc) is 2.38. The summed E-state index contributed by atoms with van der Waals surface area (Å²) < 4.78 is 32.0. The summed E-state index contributed by atoms with van der Waals surface area (Å²) >= 11 is 0. The van der Waals surface area contributed by atoms with Gasteiger partial charge in [-0.1, -0.05) is 64.7 Å². The number of rotatable bonds is 8. The second kappa shape index (κ2) is 7.79. The van der Waals surface area contributed by atoms with Crippen LogP contribution in [0.1, 0.15) is 64.4 Å². The van der Waals surface area contributed by atoms with E-state index in [0.717, 1.165) is 24.3 Å². The summed E-state index contributed by atoms with van der Waals surface area (Å²) in [5.41, 5.74) is 0.721. The van der Waals surface area contributed by atoms with E-state index >= 15 is 0 Å². The molecule has 20 heavy (non-hydrogen) atoms. The van der Waals surface area contributed by atoms with Gasteiger partial charge >= 0.3 is 0 Å². The highest BCUT2D eigenvalue weighted by atomic mass is 32.2. The molecule has 0 aliphatic rings. The van der Waals surface area contributed by atoms with Gasteiger partial charge < -0.3 is 0 Å². The lowest BCUT2D eigenvalue weighted by Gasteiger charge is -2.16. The molecule has 0 saturated heterocycles. The Morgan fingerprint density at radius 1 is 1.10 bits per heavy atom. The highest BCUT2D eigenvalue weighted by molar-refractivity contribution is 7.85. The topological polar surface area (TPSA) is 54.4 Å². The molecule has 1 rings (SSSR count). The fourth-order valence-corrected chi connectivity index (χ4v) is 3.51. The summed E-state index contributed by atoms with van der Waals surface area (Å²) in [4.78, 5) is 0.0501. The van der Waals surface area contributed by atoms with Crippen LogP contribution >= 0.6 is 0 Å². The smallest absolute Gasteiger partial charge is 0.282 e. The van der Waals surface area contributed by atoms with Crippen molar-refractivity contribution < 1.29 is 13.0 Å². The second-order valence-electron chi connectivity index (χ2n) is 5.74. The monoisotopic (exact) mass is 298 g/mol. The van der Waals surface area contributed by atoms with Crippen molar-refractivity contribution in [2.24, 2.45) is 5.92 Å². The molecule has 0 fully saturated rings. The summed E-state index contributed by atoms with van der Waals surface area (Å²) in [6.45, 7) is 6.48. The zero-order chi connectivity index (χ0) is 15.2. The lowest BCUT2D eigenvalue weighted by molar-refractivity contribution is 0.446. The van der Waals surface area contributed by atoms with E-state index in [1.165, 1.54) is 25.3 Å². The fourth-order valence-electron chi connectivity index (χ4n) is 2.69. The molecule has 0 aromatic heterocycles. The van der Waals surface area contributed by atoms with Crippen molar-refractivity contribution in [2.75, 3.05) is 0 Å². The summed E-state index contributed by atoms with van der Waals surface area (Å²) in [6, 6.07) is 6.73. The van der Waals surface area contributed by atoms with Crippen molar-refractivity contribution in [3.05, 3.63) is 29.8 Å². The molecule has 1 N–H and O–H groups in total. The van der Waals surface area contributed by atoms with Crippen molar-refractivity contribution in [1.29, 1.82) is 0 Å². The zero-order valence-electron chi connectivity index (χ0n) is 12.7. The van der Waals surface area contributed by atoms with Crippen LogP contribution in [0.2, 0.25) is 0 Å². The molecule has 2 atom stereocenters. The van der Waals surface area contributed by atoms with Gasteiger partial charge in [-0.25, -0.2) is 0 Å². The van der Waals surface area contributed by atoms with E-state index in [4.69, 9.17) is 0 Å². The molecule has 0 aliphatic carbocycles. The first kappa shape index (κ1) is 17.2. The Hall–Kier alpha value is -0.870. The third kappa shape index (κ3) is 5.25. The maximum absolute atomic E-state index is 11.4.